The normalized spacial score (nSPS) is 30.9. The van der Waals surface area contributed by atoms with Crippen LogP contribution in [0.2, 0.25) is 0 Å². The molecule has 1 aliphatic rings. The Bertz CT molecular complexity index is 143. The maximum atomic E-state index is 12.6. The molecule has 1 nitrogen and oxygen atoms in total. The van der Waals surface area contributed by atoms with Crippen molar-refractivity contribution in [3.05, 3.63) is 0 Å². The minimum absolute atomic E-state index is 0.0174. The molecule has 1 fully saturated rings. The molecule has 0 radical (unpaired) electrons. The van der Waals surface area contributed by atoms with Crippen molar-refractivity contribution in [2.24, 2.45) is 0 Å². The van der Waals surface area contributed by atoms with E-state index in [9.17, 15) is 8.78 Å². The molecule has 0 unspecified atom stereocenters. The van der Waals surface area contributed by atoms with Crippen LogP contribution in [0.15, 0.2) is 0 Å². The van der Waals surface area contributed by atoms with Gasteiger partial charge in [-0.25, -0.2) is 8.78 Å². The van der Waals surface area contributed by atoms with E-state index in [2.05, 4.69) is 0 Å². The fourth-order valence-corrected chi connectivity index (χ4v) is 1.38. The molecule has 0 aliphatic carbocycles. The molecule has 0 N–H and O–H groups in total. The van der Waals surface area contributed by atoms with E-state index in [-0.39, 0.29) is 18.5 Å². The molecule has 10 heavy (non-hydrogen) atoms. The smallest absolute Gasteiger partial charge is 0.262 e. The lowest BCUT2D eigenvalue weighted by molar-refractivity contribution is 0.0132. The molecule has 0 atom stereocenters. The molecule has 3 heteroatoms. The molecule has 1 aliphatic heterocycles. The van der Waals surface area contributed by atoms with Gasteiger partial charge in [-0.2, -0.15) is 0 Å². The van der Waals surface area contributed by atoms with Crippen molar-refractivity contribution >= 4 is 0 Å². The van der Waals surface area contributed by atoms with Gasteiger partial charge in [-0.15, -0.1) is 0 Å². The number of halogens is 2. The van der Waals surface area contributed by atoms with E-state index in [1.165, 1.54) is 0 Å². The van der Waals surface area contributed by atoms with Gasteiger partial charge in [-0.3, -0.25) is 4.90 Å². The molecular formula is C7H13F2N. The standard InChI is InChI=1S/C7H13F2N/c1-6(2)4-7(8,9)5-10(6)3/h4-5H2,1-3H3. The van der Waals surface area contributed by atoms with Crippen LogP contribution in [-0.2, 0) is 0 Å². The molecule has 0 aromatic rings. The number of hydrogen-bond acceptors (Lipinski definition) is 1. The Labute approximate surface area is 60.0 Å². The Morgan fingerprint density at radius 1 is 1.30 bits per heavy atom. The lowest BCUT2D eigenvalue weighted by Gasteiger charge is -2.25. The highest BCUT2D eigenvalue weighted by molar-refractivity contribution is 4.95. The van der Waals surface area contributed by atoms with Crippen molar-refractivity contribution in [1.29, 1.82) is 0 Å². The summed E-state index contributed by atoms with van der Waals surface area (Å²) in [5.41, 5.74) is -0.330. The Morgan fingerprint density at radius 2 is 1.80 bits per heavy atom. The summed E-state index contributed by atoms with van der Waals surface area (Å²) in [5.74, 6) is -2.47. The zero-order valence-electron chi connectivity index (χ0n) is 6.62. The Kier molecular flexibility index (Phi) is 1.51. The molecule has 0 bridgehead atoms. The van der Waals surface area contributed by atoms with Crippen molar-refractivity contribution in [3.63, 3.8) is 0 Å². The lowest BCUT2D eigenvalue weighted by Crippen LogP contribution is -2.34. The van der Waals surface area contributed by atoms with E-state index in [1.54, 1.807) is 11.9 Å². The molecule has 0 aromatic carbocycles. The predicted octanol–water partition coefficient (Wildman–Crippen LogP) is 1.74. The minimum atomic E-state index is -2.47. The fourth-order valence-electron chi connectivity index (χ4n) is 1.38. The van der Waals surface area contributed by atoms with Crippen LogP contribution in [0.3, 0.4) is 0 Å². The number of alkyl halides is 2. The quantitative estimate of drug-likeness (QED) is 0.507. The summed E-state index contributed by atoms with van der Waals surface area (Å²) in [6, 6.07) is 0. The number of rotatable bonds is 0. The van der Waals surface area contributed by atoms with E-state index >= 15 is 0 Å². The monoisotopic (exact) mass is 149 g/mol. The van der Waals surface area contributed by atoms with Crippen molar-refractivity contribution in [2.75, 3.05) is 13.6 Å². The first-order valence-electron chi connectivity index (χ1n) is 3.43. The van der Waals surface area contributed by atoms with Crippen molar-refractivity contribution < 1.29 is 8.78 Å². The second-order valence-electron chi connectivity index (χ2n) is 3.70. The van der Waals surface area contributed by atoms with Gasteiger partial charge in [0.05, 0.1) is 6.54 Å². The minimum Gasteiger partial charge on any atom is -0.295 e. The van der Waals surface area contributed by atoms with Gasteiger partial charge in [-0.05, 0) is 20.9 Å². The number of likely N-dealkylation sites (tertiary alicyclic amines) is 1. The summed E-state index contributed by atoms with van der Waals surface area (Å²) in [7, 11) is 1.74. The molecule has 60 valence electrons. The highest BCUT2D eigenvalue weighted by Gasteiger charge is 2.47. The molecule has 1 heterocycles. The summed E-state index contributed by atoms with van der Waals surface area (Å²) in [5, 5.41) is 0. The van der Waals surface area contributed by atoms with Gasteiger partial charge in [0.2, 0.25) is 0 Å². The topological polar surface area (TPSA) is 3.24 Å². The predicted molar refractivity (Wildman–Crippen MR) is 36.3 cm³/mol. The van der Waals surface area contributed by atoms with Crippen LogP contribution in [-0.4, -0.2) is 30.0 Å². The largest absolute Gasteiger partial charge is 0.295 e. The third-order valence-corrected chi connectivity index (χ3v) is 2.19. The van der Waals surface area contributed by atoms with E-state index in [0.29, 0.717) is 0 Å². The molecule has 1 saturated heterocycles. The van der Waals surface area contributed by atoms with Gasteiger partial charge < -0.3 is 0 Å². The summed E-state index contributed by atoms with van der Waals surface area (Å²) in [6.07, 6.45) is -0.0174. The number of hydrogen-bond donors (Lipinski definition) is 0. The van der Waals surface area contributed by atoms with E-state index in [0.717, 1.165) is 0 Å². The Balaban J connectivity index is 2.71. The van der Waals surface area contributed by atoms with E-state index < -0.39 is 5.92 Å². The van der Waals surface area contributed by atoms with Crippen molar-refractivity contribution in [1.82, 2.24) is 4.90 Å². The van der Waals surface area contributed by atoms with Crippen LogP contribution in [0.25, 0.3) is 0 Å². The summed E-state index contributed by atoms with van der Waals surface area (Å²) < 4.78 is 25.3. The van der Waals surface area contributed by atoms with Crippen LogP contribution in [0, 0.1) is 0 Å². The number of nitrogens with zero attached hydrogens (tertiary/aromatic N) is 1. The molecule has 1 rings (SSSR count). The first-order chi connectivity index (χ1) is 4.33. The van der Waals surface area contributed by atoms with Gasteiger partial charge in [0, 0.05) is 12.0 Å². The van der Waals surface area contributed by atoms with Crippen LogP contribution in [0.5, 0.6) is 0 Å². The second kappa shape index (κ2) is 1.91. The lowest BCUT2D eigenvalue weighted by atomic mass is 10.0. The van der Waals surface area contributed by atoms with Crippen molar-refractivity contribution in [2.45, 2.75) is 31.7 Å². The third-order valence-electron chi connectivity index (χ3n) is 2.19. The van der Waals surface area contributed by atoms with Gasteiger partial charge >= 0.3 is 0 Å². The summed E-state index contributed by atoms with van der Waals surface area (Å²) in [4.78, 5) is 1.70. The molecule has 0 saturated carbocycles. The summed E-state index contributed by atoms with van der Waals surface area (Å²) >= 11 is 0. The van der Waals surface area contributed by atoms with Gasteiger partial charge in [0.25, 0.3) is 5.92 Å². The van der Waals surface area contributed by atoms with Crippen LogP contribution in [0.4, 0.5) is 8.78 Å². The van der Waals surface area contributed by atoms with E-state index in [1.807, 2.05) is 13.8 Å². The highest BCUT2D eigenvalue weighted by atomic mass is 19.3. The zero-order valence-corrected chi connectivity index (χ0v) is 6.62. The average molecular weight is 149 g/mol. The van der Waals surface area contributed by atoms with Crippen LogP contribution >= 0.6 is 0 Å². The second-order valence-corrected chi connectivity index (χ2v) is 3.70. The van der Waals surface area contributed by atoms with Gasteiger partial charge in [0.15, 0.2) is 0 Å². The molecule has 0 spiro atoms. The average Bonchev–Trinajstić information content (AvgIpc) is 1.73. The molecule has 0 aromatic heterocycles. The van der Waals surface area contributed by atoms with Crippen LogP contribution < -0.4 is 0 Å². The maximum Gasteiger partial charge on any atom is 0.262 e. The molecular weight excluding hydrogens is 136 g/mol. The summed E-state index contributed by atoms with van der Waals surface area (Å²) in [6.45, 7) is 3.59. The SMILES string of the molecule is CN1CC(F)(F)CC1(C)C. The Hall–Kier alpha value is -0.180. The fraction of sp³-hybridized carbons (Fsp3) is 1.00. The third kappa shape index (κ3) is 1.29. The first-order valence-corrected chi connectivity index (χ1v) is 3.43. The van der Waals surface area contributed by atoms with E-state index in [4.69, 9.17) is 0 Å². The van der Waals surface area contributed by atoms with Gasteiger partial charge in [0.1, 0.15) is 0 Å². The van der Waals surface area contributed by atoms with Crippen LogP contribution in [0.1, 0.15) is 20.3 Å². The molecule has 0 amide bonds. The Morgan fingerprint density at radius 3 is 1.90 bits per heavy atom. The van der Waals surface area contributed by atoms with Crippen molar-refractivity contribution in [3.8, 4) is 0 Å². The maximum absolute atomic E-state index is 12.6. The zero-order chi connectivity index (χ0) is 7.99. The van der Waals surface area contributed by atoms with Gasteiger partial charge in [-0.1, -0.05) is 0 Å². The first kappa shape index (κ1) is 7.92. The highest BCUT2D eigenvalue weighted by Crippen LogP contribution is 2.37.